The van der Waals surface area contributed by atoms with Gasteiger partial charge in [-0.25, -0.2) is 0 Å². The summed E-state index contributed by atoms with van der Waals surface area (Å²) in [5.74, 6) is 0.813. The molecule has 1 aliphatic heterocycles. The quantitative estimate of drug-likeness (QED) is 0.568. The van der Waals surface area contributed by atoms with Crippen molar-refractivity contribution in [2.24, 2.45) is 0 Å². The Hall–Kier alpha value is -3.66. The summed E-state index contributed by atoms with van der Waals surface area (Å²) < 4.78 is 11.0. The van der Waals surface area contributed by atoms with E-state index in [0.717, 1.165) is 30.8 Å². The van der Waals surface area contributed by atoms with Crippen molar-refractivity contribution < 1.29 is 29.0 Å². The summed E-state index contributed by atoms with van der Waals surface area (Å²) in [6, 6.07) is 11.1. The van der Waals surface area contributed by atoms with E-state index in [4.69, 9.17) is 19.4 Å². The van der Waals surface area contributed by atoms with Gasteiger partial charge in [0.15, 0.2) is 0 Å². The third-order valence-electron chi connectivity index (χ3n) is 5.05. The average molecular weight is 473 g/mol. The Labute approximate surface area is 199 Å². The molecule has 10 nitrogen and oxygen atoms in total. The average Bonchev–Trinajstić information content (AvgIpc) is 2.82. The molecule has 2 heterocycles. The summed E-state index contributed by atoms with van der Waals surface area (Å²) in [6.07, 6.45) is 1.49. The molecule has 3 N–H and O–H groups in total. The van der Waals surface area contributed by atoms with Crippen molar-refractivity contribution >= 4 is 18.3 Å². The van der Waals surface area contributed by atoms with Gasteiger partial charge >= 0.3 is 0 Å². The van der Waals surface area contributed by atoms with E-state index in [2.05, 4.69) is 20.5 Å². The molecule has 10 heteroatoms. The Balaban J connectivity index is 0.00000129. The smallest absolute Gasteiger partial charge is 0.290 e. The number of benzene rings is 1. The van der Waals surface area contributed by atoms with Crippen LogP contribution in [0.4, 0.5) is 0 Å². The largest absolute Gasteiger partial charge is 0.497 e. The van der Waals surface area contributed by atoms with E-state index < -0.39 is 0 Å². The molecule has 2 aromatic rings. The van der Waals surface area contributed by atoms with Gasteiger partial charge in [0.1, 0.15) is 18.1 Å². The lowest BCUT2D eigenvalue weighted by atomic mass is 10.1. The minimum absolute atomic E-state index is 0.0484. The van der Waals surface area contributed by atoms with Gasteiger partial charge in [0.25, 0.3) is 12.4 Å². The predicted octanol–water partition coefficient (Wildman–Crippen LogP) is 1.27. The van der Waals surface area contributed by atoms with Gasteiger partial charge in [-0.3, -0.25) is 24.3 Å². The number of nitrogens with zero attached hydrogens (tertiary/aromatic N) is 2. The predicted molar refractivity (Wildman–Crippen MR) is 126 cm³/mol. The fourth-order valence-electron chi connectivity index (χ4n) is 3.43. The molecule has 0 aliphatic carbocycles. The van der Waals surface area contributed by atoms with Crippen LogP contribution in [0.5, 0.6) is 11.5 Å². The molecule has 3 rings (SSSR count). The van der Waals surface area contributed by atoms with Crippen LogP contribution < -0.4 is 20.1 Å². The van der Waals surface area contributed by atoms with Crippen molar-refractivity contribution in [3.8, 4) is 11.5 Å². The highest BCUT2D eigenvalue weighted by Gasteiger charge is 2.16. The lowest BCUT2D eigenvalue weighted by Crippen LogP contribution is -2.41. The number of aromatic nitrogens is 1. The topological polar surface area (TPSA) is 130 Å². The van der Waals surface area contributed by atoms with Crippen LogP contribution in [0.25, 0.3) is 0 Å². The van der Waals surface area contributed by atoms with Gasteiger partial charge in [-0.15, -0.1) is 0 Å². The summed E-state index contributed by atoms with van der Waals surface area (Å²) in [5, 5.41) is 12.7. The van der Waals surface area contributed by atoms with Gasteiger partial charge in [-0.1, -0.05) is 6.07 Å². The molecule has 0 saturated heterocycles. The first kappa shape index (κ1) is 26.6. The Morgan fingerprint density at radius 2 is 2.00 bits per heavy atom. The minimum atomic E-state index is -0.250. The molecule has 1 aliphatic rings. The van der Waals surface area contributed by atoms with Crippen LogP contribution in [0.3, 0.4) is 0 Å². The van der Waals surface area contributed by atoms with Gasteiger partial charge in [0.05, 0.1) is 25.8 Å². The van der Waals surface area contributed by atoms with E-state index in [1.165, 1.54) is 0 Å². The first-order valence-electron chi connectivity index (χ1n) is 11.0. The third-order valence-corrected chi connectivity index (χ3v) is 5.05. The number of ether oxygens (including phenoxy) is 2. The highest BCUT2D eigenvalue weighted by Crippen LogP contribution is 2.25. The summed E-state index contributed by atoms with van der Waals surface area (Å²) in [5.41, 5.74) is 2.44. The van der Waals surface area contributed by atoms with E-state index in [9.17, 15) is 9.59 Å². The Morgan fingerprint density at radius 1 is 1.21 bits per heavy atom. The summed E-state index contributed by atoms with van der Waals surface area (Å²) >= 11 is 0. The van der Waals surface area contributed by atoms with Crippen LogP contribution in [0.2, 0.25) is 0 Å². The van der Waals surface area contributed by atoms with Crippen LogP contribution >= 0.6 is 0 Å². The zero-order valence-corrected chi connectivity index (χ0v) is 19.6. The molecular formula is C24H32N4O6. The maximum Gasteiger partial charge on any atom is 0.290 e. The number of hydrogen-bond acceptors (Lipinski definition) is 7. The van der Waals surface area contributed by atoms with E-state index in [0.29, 0.717) is 43.2 Å². The number of aryl methyl sites for hydroxylation is 1. The molecule has 1 aromatic carbocycles. The van der Waals surface area contributed by atoms with Gasteiger partial charge in [-0.2, -0.15) is 0 Å². The van der Waals surface area contributed by atoms with E-state index in [-0.39, 0.29) is 24.9 Å². The van der Waals surface area contributed by atoms with Crippen LogP contribution in [-0.4, -0.2) is 79.7 Å². The van der Waals surface area contributed by atoms with Crippen molar-refractivity contribution in [1.29, 1.82) is 0 Å². The molecule has 2 amide bonds. The number of carbonyl (C=O) groups is 3. The lowest BCUT2D eigenvalue weighted by Gasteiger charge is -2.22. The van der Waals surface area contributed by atoms with Crippen molar-refractivity contribution in [3.63, 3.8) is 0 Å². The molecular weight excluding hydrogens is 440 g/mol. The number of amides is 2. The van der Waals surface area contributed by atoms with Gasteiger partial charge in [0.2, 0.25) is 5.91 Å². The molecule has 34 heavy (non-hydrogen) atoms. The molecule has 0 saturated carbocycles. The first-order valence-corrected chi connectivity index (χ1v) is 11.0. The second-order valence-corrected chi connectivity index (χ2v) is 7.57. The SMILES string of the molecule is COc1ccc2c(c1)OCCNC(=O)CN(CCc1cccc(C)n1)CCCNC2=O.O=CO. The molecule has 0 atom stereocenters. The van der Waals surface area contributed by atoms with Gasteiger partial charge in [-0.05, 0) is 37.6 Å². The number of carboxylic acid groups (broad SMARTS) is 1. The van der Waals surface area contributed by atoms with Gasteiger partial charge < -0.3 is 25.2 Å². The van der Waals surface area contributed by atoms with E-state index in [1.807, 2.05) is 25.1 Å². The van der Waals surface area contributed by atoms with Crippen molar-refractivity contribution in [3.05, 3.63) is 53.3 Å². The zero-order chi connectivity index (χ0) is 24.8. The molecule has 0 bridgehead atoms. The van der Waals surface area contributed by atoms with Crippen LogP contribution in [0.1, 0.15) is 28.2 Å². The Kier molecular flexibility index (Phi) is 11.3. The molecule has 0 radical (unpaired) electrons. The summed E-state index contributed by atoms with van der Waals surface area (Å²) in [6.45, 7) is 4.55. The van der Waals surface area contributed by atoms with E-state index in [1.54, 1.807) is 25.3 Å². The standard InChI is InChI=1S/C23H30N4O4.CH2O2/c1-17-5-3-6-18(26-17)9-13-27-12-4-10-25-23(29)20-8-7-19(30-2)15-21(20)31-14-11-24-22(28)16-27;2-1-3/h3,5-8,15H,4,9-14,16H2,1-2H3,(H,24,28)(H,25,29);1H,(H,2,3). The number of fused-ring (bicyclic) bond motifs is 1. The monoisotopic (exact) mass is 472 g/mol. The van der Waals surface area contributed by atoms with Crippen molar-refractivity contribution in [2.45, 2.75) is 19.8 Å². The fourth-order valence-corrected chi connectivity index (χ4v) is 3.43. The van der Waals surface area contributed by atoms with Crippen LogP contribution in [-0.2, 0) is 16.0 Å². The summed E-state index contributed by atoms with van der Waals surface area (Å²) in [7, 11) is 1.56. The van der Waals surface area contributed by atoms with Crippen molar-refractivity contribution in [1.82, 2.24) is 20.5 Å². The lowest BCUT2D eigenvalue weighted by molar-refractivity contribution is -0.123. The van der Waals surface area contributed by atoms with E-state index >= 15 is 0 Å². The summed E-state index contributed by atoms with van der Waals surface area (Å²) in [4.78, 5) is 40.0. The molecule has 0 spiro atoms. The maximum atomic E-state index is 12.6. The number of nitrogens with one attached hydrogen (secondary N) is 2. The fraction of sp³-hybridized carbons (Fsp3) is 0.417. The molecule has 0 fully saturated rings. The van der Waals surface area contributed by atoms with Gasteiger partial charge in [0, 0.05) is 43.5 Å². The minimum Gasteiger partial charge on any atom is -0.497 e. The maximum absolute atomic E-state index is 12.6. The zero-order valence-electron chi connectivity index (χ0n) is 19.6. The number of hydrogen-bond donors (Lipinski definition) is 3. The second-order valence-electron chi connectivity index (χ2n) is 7.57. The Morgan fingerprint density at radius 3 is 2.74 bits per heavy atom. The number of methoxy groups -OCH3 is 1. The number of rotatable bonds is 4. The highest BCUT2D eigenvalue weighted by atomic mass is 16.5. The number of pyridine rings is 1. The van der Waals surface area contributed by atoms with Crippen LogP contribution in [0, 0.1) is 6.92 Å². The molecule has 1 aromatic heterocycles. The molecule has 184 valence electrons. The third kappa shape index (κ3) is 9.07. The highest BCUT2D eigenvalue weighted by molar-refractivity contribution is 5.97. The normalized spacial score (nSPS) is 15.2. The molecule has 0 unspecified atom stereocenters. The van der Waals surface area contributed by atoms with Crippen molar-refractivity contribution in [2.75, 3.05) is 46.4 Å². The van der Waals surface area contributed by atoms with Crippen LogP contribution in [0.15, 0.2) is 36.4 Å². The Bertz CT molecular complexity index is 953. The second kappa shape index (κ2) is 14.5. The first-order chi connectivity index (χ1) is 16.5. The number of carbonyl (C=O) groups excluding carboxylic acids is 2.